The molecule has 1 nitrogen and oxygen atoms in total. The summed E-state index contributed by atoms with van der Waals surface area (Å²) in [6.07, 6.45) is 0. The molecule has 0 aliphatic carbocycles. The summed E-state index contributed by atoms with van der Waals surface area (Å²) in [5, 5.41) is 5.24. The third-order valence-electron chi connectivity index (χ3n) is 2.50. The Kier molecular flexibility index (Phi) is 3.86. The standard InChI is InChI=1S/C13H13F2NS/c1-9(13-3-2-4-17-13)16-8-10-5-11(14)7-12(15)6-10/h2-7,9,16H,8H2,1H3/t9-/m1/s1. The van der Waals surface area contributed by atoms with Crippen LogP contribution in [0.5, 0.6) is 0 Å². The number of hydrogen-bond donors (Lipinski definition) is 1. The van der Waals surface area contributed by atoms with E-state index in [1.807, 2.05) is 24.4 Å². The van der Waals surface area contributed by atoms with Gasteiger partial charge in [0.05, 0.1) is 0 Å². The van der Waals surface area contributed by atoms with E-state index in [-0.39, 0.29) is 6.04 Å². The van der Waals surface area contributed by atoms with Crippen LogP contribution >= 0.6 is 11.3 Å². The zero-order chi connectivity index (χ0) is 12.3. The normalized spacial score (nSPS) is 12.6. The van der Waals surface area contributed by atoms with Gasteiger partial charge in [-0.15, -0.1) is 11.3 Å². The fraction of sp³-hybridized carbons (Fsp3) is 0.231. The quantitative estimate of drug-likeness (QED) is 0.872. The highest BCUT2D eigenvalue weighted by Gasteiger charge is 2.06. The van der Waals surface area contributed by atoms with E-state index in [0.717, 1.165) is 6.07 Å². The lowest BCUT2D eigenvalue weighted by atomic mass is 10.2. The molecule has 0 fully saturated rings. The van der Waals surface area contributed by atoms with Crippen LogP contribution < -0.4 is 5.32 Å². The molecule has 0 unspecified atom stereocenters. The first kappa shape index (κ1) is 12.2. The van der Waals surface area contributed by atoms with Gasteiger partial charge in [-0.3, -0.25) is 0 Å². The molecule has 0 saturated heterocycles. The molecule has 17 heavy (non-hydrogen) atoms. The lowest BCUT2D eigenvalue weighted by Gasteiger charge is -2.12. The maximum absolute atomic E-state index is 13.0. The maximum Gasteiger partial charge on any atom is 0.126 e. The Morgan fingerprint density at radius 1 is 1.24 bits per heavy atom. The van der Waals surface area contributed by atoms with Gasteiger partial charge in [-0.2, -0.15) is 0 Å². The minimum absolute atomic E-state index is 0.182. The molecule has 0 spiro atoms. The van der Waals surface area contributed by atoms with Crippen LogP contribution in [-0.2, 0) is 6.54 Å². The van der Waals surface area contributed by atoms with Crippen molar-refractivity contribution >= 4 is 11.3 Å². The van der Waals surface area contributed by atoms with Crippen molar-refractivity contribution in [3.63, 3.8) is 0 Å². The van der Waals surface area contributed by atoms with Crippen LogP contribution in [0.3, 0.4) is 0 Å². The van der Waals surface area contributed by atoms with Crippen molar-refractivity contribution in [1.82, 2.24) is 5.32 Å². The summed E-state index contributed by atoms with van der Waals surface area (Å²) in [6.45, 7) is 2.48. The van der Waals surface area contributed by atoms with Crippen LogP contribution in [0.2, 0.25) is 0 Å². The van der Waals surface area contributed by atoms with Crippen molar-refractivity contribution in [3.05, 3.63) is 57.8 Å². The first-order valence-corrected chi connectivity index (χ1v) is 6.25. The molecule has 0 amide bonds. The van der Waals surface area contributed by atoms with Crippen LogP contribution in [0, 0.1) is 11.6 Å². The number of hydrogen-bond acceptors (Lipinski definition) is 2. The van der Waals surface area contributed by atoms with Crippen molar-refractivity contribution < 1.29 is 8.78 Å². The third kappa shape index (κ3) is 3.35. The van der Waals surface area contributed by atoms with Gasteiger partial charge in [0.1, 0.15) is 11.6 Å². The summed E-state index contributed by atoms with van der Waals surface area (Å²) in [4.78, 5) is 1.21. The molecule has 1 aromatic heterocycles. The van der Waals surface area contributed by atoms with Gasteiger partial charge >= 0.3 is 0 Å². The Balaban J connectivity index is 1.98. The Hall–Kier alpha value is -1.26. The van der Waals surface area contributed by atoms with Gasteiger partial charge in [-0.05, 0) is 36.1 Å². The molecular weight excluding hydrogens is 240 g/mol. The van der Waals surface area contributed by atoms with E-state index >= 15 is 0 Å². The Labute approximate surface area is 103 Å². The lowest BCUT2D eigenvalue weighted by molar-refractivity contribution is 0.558. The van der Waals surface area contributed by atoms with Gasteiger partial charge in [0.25, 0.3) is 0 Å². The second-order valence-electron chi connectivity index (χ2n) is 3.90. The van der Waals surface area contributed by atoms with Crippen LogP contribution in [0.25, 0.3) is 0 Å². The van der Waals surface area contributed by atoms with E-state index in [1.165, 1.54) is 17.0 Å². The molecule has 0 bridgehead atoms. The molecule has 1 N–H and O–H groups in total. The third-order valence-corrected chi connectivity index (χ3v) is 3.56. The van der Waals surface area contributed by atoms with E-state index in [4.69, 9.17) is 0 Å². The topological polar surface area (TPSA) is 12.0 Å². The molecule has 2 rings (SSSR count). The predicted molar refractivity (Wildman–Crippen MR) is 65.9 cm³/mol. The molecule has 1 aromatic carbocycles. The highest BCUT2D eigenvalue weighted by atomic mass is 32.1. The highest BCUT2D eigenvalue weighted by molar-refractivity contribution is 7.10. The summed E-state index contributed by atoms with van der Waals surface area (Å²) >= 11 is 1.66. The highest BCUT2D eigenvalue weighted by Crippen LogP contribution is 2.18. The molecule has 4 heteroatoms. The Bertz CT molecular complexity index is 462. The maximum atomic E-state index is 13.0. The van der Waals surface area contributed by atoms with Crippen LogP contribution in [0.15, 0.2) is 35.7 Å². The van der Waals surface area contributed by atoms with Crippen molar-refractivity contribution in [1.29, 1.82) is 0 Å². The van der Waals surface area contributed by atoms with Gasteiger partial charge in [0.15, 0.2) is 0 Å². The number of halogens is 2. The summed E-state index contributed by atoms with van der Waals surface area (Å²) in [5.41, 5.74) is 0.617. The van der Waals surface area contributed by atoms with Crippen LogP contribution in [-0.4, -0.2) is 0 Å². The molecule has 0 saturated carbocycles. The molecule has 0 aliphatic rings. The van der Waals surface area contributed by atoms with Gasteiger partial charge in [0.2, 0.25) is 0 Å². The molecule has 0 radical (unpaired) electrons. The van der Waals surface area contributed by atoms with Crippen molar-refractivity contribution in [3.8, 4) is 0 Å². The fourth-order valence-electron chi connectivity index (χ4n) is 1.62. The Morgan fingerprint density at radius 3 is 2.53 bits per heavy atom. The Morgan fingerprint density at radius 2 is 1.94 bits per heavy atom. The lowest BCUT2D eigenvalue weighted by Crippen LogP contribution is -2.17. The predicted octanol–water partition coefficient (Wildman–Crippen LogP) is 3.88. The number of rotatable bonds is 4. The zero-order valence-corrected chi connectivity index (χ0v) is 10.2. The second kappa shape index (κ2) is 5.38. The second-order valence-corrected chi connectivity index (χ2v) is 4.87. The molecule has 1 heterocycles. The number of thiophene rings is 1. The first-order chi connectivity index (χ1) is 8.15. The van der Waals surface area contributed by atoms with Crippen LogP contribution in [0.1, 0.15) is 23.4 Å². The van der Waals surface area contributed by atoms with Crippen molar-refractivity contribution in [2.45, 2.75) is 19.5 Å². The van der Waals surface area contributed by atoms with E-state index < -0.39 is 11.6 Å². The molecule has 1 atom stereocenters. The fourth-order valence-corrected chi connectivity index (χ4v) is 2.38. The van der Waals surface area contributed by atoms with Gasteiger partial charge in [-0.25, -0.2) is 8.78 Å². The minimum Gasteiger partial charge on any atom is -0.305 e. The average Bonchev–Trinajstić information content (AvgIpc) is 2.78. The number of benzene rings is 1. The van der Waals surface area contributed by atoms with Crippen molar-refractivity contribution in [2.24, 2.45) is 0 Å². The van der Waals surface area contributed by atoms with Gasteiger partial charge in [-0.1, -0.05) is 6.07 Å². The molecule has 2 aromatic rings. The summed E-state index contributed by atoms with van der Waals surface area (Å²) < 4.78 is 25.9. The average molecular weight is 253 g/mol. The number of nitrogens with one attached hydrogen (secondary N) is 1. The minimum atomic E-state index is -0.537. The largest absolute Gasteiger partial charge is 0.305 e. The van der Waals surface area contributed by atoms with Gasteiger partial charge < -0.3 is 5.32 Å². The molecule has 90 valence electrons. The van der Waals surface area contributed by atoms with E-state index in [1.54, 1.807) is 11.3 Å². The van der Waals surface area contributed by atoms with Crippen molar-refractivity contribution in [2.75, 3.05) is 0 Å². The summed E-state index contributed by atoms with van der Waals surface area (Å²) in [7, 11) is 0. The summed E-state index contributed by atoms with van der Waals surface area (Å²) in [6, 6.07) is 7.77. The SMILES string of the molecule is C[C@@H](NCc1cc(F)cc(F)c1)c1cccs1. The zero-order valence-electron chi connectivity index (χ0n) is 9.41. The van der Waals surface area contributed by atoms with Gasteiger partial charge in [0, 0.05) is 23.5 Å². The first-order valence-electron chi connectivity index (χ1n) is 5.37. The summed E-state index contributed by atoms with van der Waals surface area (Å²) in [5.74, 6) is -1.07. The molecular formula is C13H13F2NS. The van der Waals surface area contributed by atoms with Crippen LogP contribution in [0.4, 0.5) is 8.78 Å². The molecule has 0 aliphatic heterocycles. The monoisotopic (exact) mass is 253 g/mol. The van der Waals surface area contributed by atoms with E-state index in [2.05, 4.69) is 5.32 Å². The van der Waals surface area contributed by atoms with E-state index in [0.29, 0.717) is 12.1 Å². The van der Waals surface area contributed by atoms with E-state index in [9.17, 15) is 8.78 Å². The smallest absolute Gasteiger partial charge is 0.126 e.